The van der Waals surface area contributed by atoms with E-state index in [-0.39, 0.29) is 17.2 Å². The zero-order chi connectivity index (χ0) is 27.8. The van der Waals surface area contributed by atoms with E-state index < -0.39 is 6.04 Å². The summed E-state index contributed by atoms with van der Waals surface area (Å²) < 4.78 is 28.7. The first-order valence-electron chi connectivity index (χ1n) is 13.3. The zero-order valence-electron chi connectivity index (χ0n) is 22.3. The third-order valence-corrected chi connectivity index (χ3v) is 7.69. The van der Waals surface area contributed by atoms with E-state index in [4.69, 9.17) is 0 Å². The highest BCUT2D eigenvalue weighted by Crippen LogP contribution is 2.30. The fourth-order valence-electron chi connectivity index (χ4n) is 5.47. The van der Waals surface area contributed by atoms with Gasteiger partial charge in [0.2, 0.25) is 0 Å². The number of fused-ring (bicyclic) bond motifs is 1. The van der Waals surface area contributed by atoms with Crippen molar-refractivity contribution in [2.24, 2.45) is 0 Å². The number of halogens is 2. The number of H-pyrrole nitrogens is 1. The number of tetrazole rings is 1. The molecule has 2 aromatic heterocycles. The number of aromatic nitrogens is 5. The molecule has 1 saturated heterocycles. The number of piperazine rings is 1. The fraction of sp³-hybridized carbons (Fsp3) is 0.267. The molecule has 1 aliphatic rings. The molecule has 204 valence electrons. The maximum atomic E-state index is 13.7. The van der Waals surface area contributed by atoms with Crippen LogP contribution in [0.2, 0.25) is 0 Å². The minimum absolute atomic E-state index is 0.191. The second kappa shape index (κ2) is 10.6. The third-order valence-electron chi connectivity index (χ3n) is 7.69. The Bertz CT molecular complexity index is 1710. The first kappa shape index (κ1) is 25.8. The Morgan fingerprint density at radius 1 is 0.875 bits per heavy atom. The molecule has 0 saturated carbocycles. The van der Waals surface area contributed by atoms with Crippen LogP contribution < -0.4 is 10.5 Å². The van der Waals surface area contributed by atoms with Crippen molar-refractivity contribution >= 4 is 16.6 Å². The van der Waals surface area contributed by atoms with Crippen LogP contribution in [0.3, 0.4) is 0 Å². The van der Waals surface area contributed by atoms with Crippen LogP contribution in [0.25, 0.3) is 10.9 Å². The summed E-state index contributed by atoms with van der Waals surface area (Å²) in [4.78, 5) is 21.2. The maximum Gasteiger partial charge on any atom is 0.253 e. The molecule has 0 bridgehead atoms. The minimum atomic E-state index is -0.515. The maximum absolute atomic E-state index is 13.7. The van der Waals surface area contributed by atoms with Crippen LogP contribution in [-0.2, 0) is 6.54 Å². The van der Waals surface area contributed by atoms with E-state index in [9.17, 15) is 13.6 Å². The molecule has 0 radical (unpaired) electrons. The Balaban J connectivity index is 1.40. The van der Waals surface area contributed by atoms with Gasteiger partial charge in [0.15, 0.2) is 5.82 Å². The van der Waals surface area contributed by atoms with Crippen LogP contribution >= 0.6 is 0 Å². The summed E-state index contributed by atoms with van der Waals surface area (Å²) in [6, 6.07) is 18.2. The van der Waals surface area contributed by atoms with Crippen molar-refractivity contribution in [1.29, 1.82) is 0 Å². The SMILES string of the molecule is Cc1ccc(C)c2[nH]c(=O)c([C@H](c3nnnn3Cc3ccc(F)cc3)N3CCN(c4ccc(F)cc4)CC3)cc12. The van der Waals surface area contributed by atoms with Crippen molar-refractivity contribution in [3.05, 3.63) is 117 Å². The van der Waals surface area contributed by atoms with Crippen LogP contribution in [0.5, 0.6) is 0 Å². The first-order valence-corrected chi connectivity index (χ1v) is 13.3. The lowest BCUT2D eigenvalue weighted by molar-refractivity contribution is 0.200. The van der Waals surface area contributed by atoms with E-state index in [2.05, 4.69) is 36.4 Å². The number of nitrogens with zero attached hydrogens (tertiary/aromatic N) is 6. The smallest absolute Gasteiger partial charge is 0.253 e. The third kappa shape index (κ3) is 4.98. The van der Waals surface area contributed by atoms with E-state index >= 15 is 0 Å². The summed E-state index contributed by atoms with van der Waals surface area (Å²) >= 11 is 0. The molecule has 1 aliphatic heterocycles. The molecule has 0 aliphatic carbocycles. The molecule has 1 N–H and O–H groups in total. The topological polar surface area (TPSA) is 82.9 Å². The molecular formula is C30H29F2N7O. The monoisotopic (exact) mass is 541 g/mol. The predicted molar refractivity (Wildman–Crippen MR) is 149 cm³/mol. The highest BCUT2D eigenvalue weighted by molar-refractivity contribution is 5.85. The quantitative estimate of drug-likeness (QED) is 0.344. The molecule has 0 unspecified atom stereocenters. The van der Waals surface area contributed by atoms with Crippen molar-refractivity contribution in [3.8, 4) is 0 Å². The Kier molecular flexibility index (Phi) is 6.85. The lowest BCUT2D eigenvalue weighted by Crippen LogP contribution is -2.49. The molecule has 3 aromatic carbocycles. The van der Waals surface area contributed by atoms with Gasteiger partial charge in [-0.1, -0.05) is 24.3 Å². The molecule has 5 aromatic rings. The van der Waals surface area contributed by atoms with Crippen LogP contribution in [0.1, 0.15) is 34.1 Å². The molecule has 0 amide bonds. The molecular weight excluding hydrogens is 512 g/mol. The zero-order valence-corrected chi connectivity index (χ0v) is 22.3. The molecule has 10 heteroatoms. The second-order valence-electron chi connectivity index (χ2n) is 10.3. The second-order valence-corrected chi connectivity index (χ2v) is 10.3. The van der Waals surface area contributed by atoms with Gasteiger partial charge in [0.25, 0.3) is 5.56 Å². The highest BCUT2D eigenvalue weighted by Gasteiger charge is 2.33. The number of aromatic amines is 1. The number of benzene rings is 3. The van der Waals surface area contributed by atoms with Gasteiger partial charge < -0.3 is 9.88 Å². The van der Waals surface area contributed by atoms with Crippen molar-refractivity contribution in [2.45, 2.75) is 26.4 Å². The summed E-state index contributed by atoms with van der Waals surface area (Å²) in [5, 5.41) is 13.6. The van der Waals surface area contributed by atoms with E-state index in [0.717, 1.165) is 33.3 Å². The number of hydrogen-bond acceptors (Lipinski definition) is 6. The van der Waals surface area contributed by atoms with Gasteiger partial charge in [-0.05, 0) is 83.4 Å². The first-order chi connectivity index (χ1) is 19.4. The normalized spacial score (nSPS) is 15.1. The van der Waals surface area contributed by atoms with Gasteiger partial charge in [-0.15, -0.1) is 5.10 Å². The standard InChI is InChI=1S/C30H29F2N7O/c1-19-3-4-20(2)27-25(19)17-26(30(40)33-27)28(29-34-35-36-39(29)18-21-5-7-22(31)8-6-21)38-15-13-37(14-16-38)24-11-9-23(32)10-12-24/h3-12,17,28H,13-16,18H2,1-2H3,(H,33,40)/t28-/m1/s1. The number of hydrogen-bond donors (Lipinski definition) is 1. The van der Waals surface area contributed by atoms with E-state index in [1.54, 1.807) is 28.9 Å². The van der Waals surface area contributed by atoms with Gasteiger partial charge in [0.1, 0.15) is 17.7 Å². The average Bonchev–Trinajstić information content (AvgIpc) is 3.41. The average molecular weight is 542 g/mol. The van der Waals surface area contributed by atoms with Crippen molar-refractivity contribution in [3.63, 3.8) is 0 Å². The fourth-order valence-corrected chi connectivity index (χ4v) is 5.47. The minimum Gasteiger partial charge on any atom is -0.369 e. The number of nitrogens with one attached hydrogen (secondary N) is 1. The summed E-state index contributed by atoms with van der Waals surface area (Å²) in [6.45, 7) is 6.98. The summed E-state index contributed by atoms with van der Waals surface area (Å²) in [6.07, 6.45) is 0. The number of rotatable bonds is 6. The molecule has 0 spiro atoms. The molecule has 8 nitrogen and oxygen atoms in total. The number of pyridine rings is 1. The van der Waals surface area contributed by atoms with Crippen molar-refractivity contribution < 1.29 is 8.78 Å². The van der Waals surface area contributed by atoms with Crippen LogP contribution in [0, 0.1) is 25.5 Å². The molecule has 6 rings (SSSR count). The Hall–Kier alpha value is -4.44. The number of anilines is 1. The van der Waals surface area contributed by atoms with Crippen LogP contribution in [-0.4, -0.2) is 56.3 Å². The van der Waals surface area contributed by atoms with Gasteiger partial charge in [-0.3, -0.25) is 9.69 Å². The van der Waals surface area contributed by atoms with E-state index in [0.29, 0.717) is 44.1 Å². The molecule has 3 heterocycles. The van der Waals surface area contributed by atoms with Gasteiger partial charge in [0, 0.05) is 42.8 Å². The Morgan fingerprint density at radius 2 is 1.52 bits per heavy atom. The van der Waals surface area contributed by atoms with E-state index in [1.807, 2.05) is 26.0 Å². The van der Waals surface area contributed by atoms with Gasteiger partial charge in [0.05, 0.1) is 12.1 Å². The van der Waals surface area contributed by atoms with Gasteiger partial charge in [-0.2, -0.15) is 0 Å². The summed E-state index contributed by atoms with van der Waals surface area (Å²) in [7, 11) is 0. The summed E-state index contributed by atoms with van der Waals surface area (Å²) in [5.41, 5.74) is 5.04. The molecule has 1 fully saturated rings. The van der Waals surface area contributed by atoms with Crippen LogP contribution in [0.4, 0.5) is 14.5 Å². The van der Waals surface area contributed by atoms with Crippen molar-refractivity contribution in [1.82, 2.24) is 30.1 Å². The Morgan fingerprint density at radius 3 is 2.23 bits per heavy atom. The van der Waals surface area contributed by atoms with Gasteiger partial charge in [-0.25, -0.2) is 13.5 Å². The lowest BCUT2D eigenvalue weighted by Gasteiger charge is -2.39. The predicted octanol–water partition coefficient (Wildman–Crippen LogP) is 4.37. The van der Waals surface area contributed by atoms with Crippen molar-refractivity contribution in [2.75, 3.05) is 31.1 Å². The van der Waals surface area contributed by atoms with Crippen LogP contribution in [0.15, 0.2) is 71.5 Å². The highest BCUT2D eigenvalue weighted by atomic mass is 19.1. The molecule has 40 heavy (non-hydrogen) atoms. The Labute approximate surface area is 229 Å². The largest absolute Gasteiger partial charge is 0.369 e. The van der Waals surface area contributed by atoms with E-state index in [1.165, 1.54) is 24.3 Å². The lowest BCUT2D eigenvalue weighted by atomic mass is 9.99. The summed E-state index contributed by atoms with van der Waals surface area (Å²) in [5.74, 6) is -0.0443. The van der Waals surface area contributed by atoms with Gasteiger partial charge >= 0.3 is 0 Å². The number of aryl methyl sites for hydroxylation is 2. The molecule has 1 atom stereocenters.